The molecule has 1 saturated heterocycles. The summed E-state index contributed by atoms with van der Waals surface area (Å²) in [7, 11) is 0. The normalized spacial score (nSPS) is 15.3. The van der Waals surface area contributed by atoms with Crippen LogP contribution < -0.4 is 5.56 Å². The fourth-order valence-electron chi connectivity index (χ4n) is 3.43. The number of hydrogen-bond donors (Lipinski definition) is 3. The number of aromatic nitrogens is 2. The van der Waals surface area contributed by atoms with Gasteiger partial charge >= 0.3 is 0 Å². The molecular weight excluding hydrogens is 370 g/mol. The number of benzene rings is 2. The largest absolute Gasteiger partial charge is 0.508 e. The lowest BCUT2D eigenvalue weighted by Crippen LogP contribution is -2.39. The summed E-state index contributed by atoms with van der Waals surface area (Å²) in [6, 6.07) is 11.6. The Balaban J connectivity index is 1.68. The lowest BCUT2D eigenvalue weighted by atomic mass is 10.1. The van der Waals surface area contributed by atoms with Crippen LogP contribution in [0.4, 0.5) is 0 Å². The second kappa shape index (κ2) is 7.89. The summed E-state index contributed by atoms with van der Waals surface area (Å²) in [6.45, 7) is 1.06. The van der Waals surface area contributed by atoms with Crippen LogP contribution in [-0.4, -0.2) is 50.2 Å². The van der Waals surface area contributed by atoms with E-state index >= 15 is 0 Å². The first-order chi connectivity index (χ1) is 14.0. The van der Waals surface area contributed by atoms with E-state index < -0.39 is 0 Å². The van der Waals surface area contributed by atoms with Crippen molar-refractivity contribution >= 4 is 22.9 Å². The molecule has 3 N–H and O–H groups in total. The monoisotopic (exact) mass is 391 g/mol. The number of amides is 1. The van der Waals surface area contributed by atoms with Crippen molar-refractivity contribution in [1.82, 2.24) is 14.9 Å². The number of nitrogens with one attached hydrogen (secondary N) is 1. The van der Waals surface area contributed by atoms with Gasteiger partial charge in [0.05, 0.1) is 17.0 Å². The van der Waals surface area contributed by atoms with E-state index in [9.17, 15) is 19.8 Å². The fraction of sp³-hybridized carbons (Fsp3) is 0.227. The summed E-state index contributed by atoms with van der Waals surface area (Å²) < 4.78 is 0. The Kier molecular flexibility index (Phi) is 5.14. The zero-order chi connectivity index (χ0) is 20.4. The van der Waals surface area contributed by atoms with E-state index in [4.69, 9.17) is 0 Å². The smallest absolute Gasteiger partial charge is 0.259 e. The molecule has 2 heterocycles. The Morgan fingerprint density at radius 3 is 2.59 bits per heavy atom. The van der Waals surface area contributed by atoms with Crippen molar-refractivity contribution in [3.05, 3.63) is 64.5 Å². The Hall–Kier alpha value is -3.45. The predicted octanol–water partition coefficient (Wildman–Crippen LogP) is 2.29. The first-order valence-corrected chi connectivity index (χ1v) is 9.49. The highest BCUT2D eigenvalue weighted by molar-refractivity contribution is 5.95. The number of aliphatic hydroxyl groups is 1. The van der Waals surface area contributed by atoms with Gasteiger partial charge in [0.2, 0.25) is 5.91 Å². The predicted molar refractivity (Wildman–Crippen MR) is 110 cm³/mol. The van der Waals surface area contributed by atoms with Gasteiger partial charge in [-0.2, -0.15) is 0 Å². The molecule has 1 aliphatic heterocycles. The van der Waals surface area contributed by atoms with Crippen LogP contribution >= 0.6 is 0 Å². The average molecular weight is 391 g/mol. The van der Waals surface area contributed by atoms with Gasteiger partial charge in [-0.15, -0.1) is 0 Å². The summed E-state index contributed by atoms with van der Waals surface area (Å²) in [6.07, 6.45) is 3.98. The van der Waals surface area contributed by atoms with Crippen LogP contribution in [0, 0.1) is 0 Å². The van der Waals surface area contributed by atoms with Crippen LogP contribution in [0.25, 0.3) is 28.4 Å². The number of aliphatic hydroxyl groups excluding tert-OH is 1. The molecule has 0 unspecified atom stereocenters. The van der Waals surface area contributed by atoms with Gasteiger partial charge in [0.15, 0.2) is 0 Å². The number of H-pyrrole nitrogens is 1. The molecule has 1 fully saturated rings. The number of rotatable bonds is 3. The molecule has 148 valence electrons. The van der Waals surface area contributed by atoms with Crippen molar-refractivity contribution in [2.75, 3.05) is 13.1 Å². The minimum Gasteiger partial charge on any atom is -0.508 e. The number of para-hydroxylation sites is 1. The van der Waals surface area contributed by atoms with Gasteiger partial charge in [0.25, 0.3) is 5.56 Å². The van der Waals surface area contributed by atoms with E-state index in [1.165, 1.54) is 18.2 Å². The quantitative estimate of drug-likeness (QED) is 0.594. The summed E-state index contributed by atoms with van der Waals surface area (Å²) >= 11 is 0. The Morgan fingerprint density at radius 2 is 1.86 bits per heavy atom. The lowest BCUT2D eigenvalue weighted by Gasteiger charge is -2.28. The van der Waals surface area contributed by atoms with Gasteiger partial charge in [0.1, 0.15) is 11.6 Å². The standard InChI is InChI=1S/C22H21N3O4/c26-16-7-4-15(5-8-16)21-23-20-14(2-1-3-18(20)22(29)24-21)6-9-19(28)25-12-10-17(27)11-13-25/h1-9,17,26-27H,10-13H2,(H,23,24,29)/b9-6+. The second-order valence-electron chi connectivity index (χ2n) is 7.09. The molecule has 1 aromatic heterocycles. The molecule has 0 radical (unpaired) electrons. The molecule has 1 aliphatic rings. The van der Waals surface area contributed by atoms with Crippen LogP contribution in [0.2, 0.25) is 0 Å². The molecule has 0 aliphatic carbocycles. The van der Waals surface area contributed by atoms with Crippen molar-refractivity contribution in [2.24, 2.45) is 0 Å². The molecule has 0 spiro atoms. The number of likely N-dealkylation sites (tertiary alicyclic amines) is 1. The highest BCUT2D eigenvalue weighted by Crippen LogP contribution is 2.22. The Labute approximate surface area is 167 Å². The number of aromatic amines is 1. The first kappa shape index (κ1) is 18.9. The van der Waals surface area contributed by atoms with E-state index in [1.54, 1.807) is 41.3 Å². The average Bonchev–Trinajstić information content (AvgIpc) is 2.73. The zero-order valence-corrected chi connectivity index (χ0v) is 15.7. The van der Waals surface area contributed by atoms with Crippen LogP contribution in [0.15, 0.2) is 53.3 Å². The number of piperidine rings is 1. The molecule has 4 rings (SSSR count). The van der Waals surface area contributed by atoms with Gasteiger partial charge in [0, 0.05) is 30.3 Å². The lowest BCUT2D eigenvalue weighted by molar-refractivity contribution is -0.127. The van der Waals surface area contributed by atoms with Gasteiger partial charge in [-0.05, 0) is 49.2 Å². The number of aromatic hydroxyl groups is 1. The molecule has 0 atom stereocenters. The third-order valence-electron chi connectivity index (χ3n) is 5.09. The van der Waals surface area contributed by atoms with Crippen LogP contribution in [0.5, 0.6) is 5.75 Å². The van der Waals surface area contributed by atoms with E-state index in [0.717, 1.165) is 0 Å². The van der Waals surface area contributed by atoms with E-state index in [-0.39, 0.29) is 23.3 Å². The zero-order valence-electron chi connectivity index (χ0n) is 15.7. The van der Waals surface area contributed by atoms with Gasteiger partial charge < -0.3 is 20.1 Å². The van der Waals surface area contributed by atoms with Gasteiger partial charge in [-0.25, -0.2) is 4.98 Å². The number of carbonyl (C=O) groups is 1. The van der Waals surface area contributed by atoms with Crippen molar-refractivity contribution in [3.63, 3.8) is 0 Å². The highest BCUT2D eigenvalue weighted by atomic mass is 16.3. The van der Waals surface area contributed by atoms with Crippen molar-refractivity contribution in [1.29, 1.82) is 0 Å². The van der Waals surface area contributed by atoms with E-state index in [0.29, 0.717) is 53.8 Å². The maximum atomic E-state index is 12.5. The van der Waals surface area contributed by atoms with Gasteiger partial charge in [-0.1, -0.05) is 12.1 Å². The molecule has 1 amide bonds. The number of hydrogen-bond acceptors (Lipinski definition) is 5. The van der Waals surface area contributed by atoms with Crippen molar-refractivity contribution in [3.8, 4) is 17.1 Å². The molecular formula is C22H21N3O4. The summed E-state index contributed by atoms with van der Waals surface area (Å²) in [5, 5.41) is 19.5. The molecule has 7 heteroatoms. The molecule has 0 bridgehead atoms. The number of phenols is 1. The van der Waals surface area contributed by atoms with Crippen LogP contribution in [0.3, 0.4) is 0 Å². The topological polar surface area (TPSA) is 107 Å². The summed E-state index contributed by atoms with van der Waals surface area (Å²) in [4.78, 5) is 34.0. The molecule has 2 aromatic carbocycles. The van der Waals surface area contributed by atoms with Crippen molar-refractivity contribution in [2.45, 2.75) is 18.9 Å². The van der Waals surface area contributed by atoms with Crippen LogP contribution in [-0.2, 0) is 4.79 Å². The van der Waals surface area contributed by atoms with Gasteiger partial charge in [-0.3, -0.25) is 9.59 Å². The second-order valence-corrected chi connectivity index (χ2v) is 7.09. The summed E-state index contributed by atoms with van der Waals surface area (Å²) in [5.41, 5.74) is 1.56. The number of nitrogens with zero attached hydrogens (tertiary/aromatic N) is 2. The Bertz CT molecular complexity index is 1130. The third kappa shape index (κ3) is 4.05. The molecule has 3 aromatic rings. The fourth-order valence-corrected chi connectivity index (χ4v) is 3.43. The highest BCUT2D eigenvalue weighted by Gasteiger charge is 2.19. The van der Waals surface area contributed by atoms with Crippen molar-refractivity contribution < 1.29 is 15.0 Å². The van der Waals surface area contributed by atoms with E-state index in [2.05, 4.69) is 9.97 Å². The number of fused-ring (bicyclic) bond motifs is 1. The minimum atomic E-state index is -0.338. The maximum absolute atomic E-state index is 12.5. The minimum absolute atomic E-state index is 0.127. The SMILES string of the molecule is O=C(/C=C/c1cccc2c(=O)[nH]c(-c3ccc(O)cc3)nc12)N1CCC(O)CC1. The molecule has 0 saturated carbocycles. The Morgan fingerprint density at radius 1 is 1.14 bits per heavy atom. The number of carbonyl (C=O) groups excluding carboxylic acids is 1. The summed E-state index contributed by atoms with van der Waals surface area (Å²) in [5.74, 6) is 0.390. The first-order valence-electron chi connectivity index (χ1n) is 9.49. The molecule has 7 nitrogen and oxygen atoms in total. The third-order valence-corrected chi connectivity index (χ3v) is 5.09. The molecule has 29 heavy (non-hydrogen) atoms. The van der Waals surface area contributed by atoms with E-state index in [1.807, 2.05) is 0 Å². The number of phenolic OH excluding ortho intramolecular Hbond substituents is 1. The van der Waals surface area contributed by atoms with Crippen LogP contribution in [0.1, 0.15) is 18.4 Å². The maximum Gasteiger partial charge on any atom is 0.259 e.